The Labute approximate surface area is 147 Å². The van der Waals surface area contributed by atoms with Crippen molar-refractivity contribution in [2.75, 3.05) is 47.0 Å². The van der Waals surface area contributed by atoms with Crippen molar-refractivity contribution in [1.82, 2.24) is 14.8 Å². The smallest absolute Gasteiger partial charge is 0.254 e. The summed E-state index contributed by atoms with van der Waals surface area (Å²) in [5, 5.41) is 0.868. The topological polar surface area (TPSA) is 54.9 Å². The number of likely N-dealkylation sites (N-methyl/N-ethyl adjacent to an activating group) is 1. The van der Waals surface area contributed by atoms with E-state index in [1.54, 1.807) is 13.2 Å². The first kappa shape index (κ1) is 16.3. The minimum absolute atomic E-state index is 0.0455. The van der Waals surface area contributed by atoms with E-state index in [1.807, 2.05) is 29.2 Å². The van der Waals surface area contributed by atoms with Crippen molar-refractivity contribution in [3.8, 4) is 5.88 Å². The van der Waals surface area contributed by atoms with Crippen molar-refractivity contribution in [1.29, 1.82) is 0 Å². The average molecular weight is 341 g/mol. The number of methoxy groups -OCH3 is 1. The number of aromatic nitrogens is 1. The molecule has 0 spiro atoms. The summed E-state index contributed by atoms with van der Waals surface area (Å²) in [5.74, 6) is 0.859. The van der Waals surface area contributed by atoms with Crippen molar-refractivity contribution >= 4 is 16.8 Å². The van der Waals surface area contributed by atoms with E-state index in [0.717, 1.165) is 24.0 Å². The van der Waals surface area contributed by atoms with Crippen LogP contribution in [0.2, 0.25) is 0 Å². The van der Waals surface area contributed by atoms with Gasteiger partial charge in [0.15, 0.2) is 0 Å². The third kappa shape index (κ3) is 3.07. The highest BCUT2D eigenvalue weighted by Gasteiger charge is 2.34. The van der Waals surface area contributed by atoms with Gasteiger partial charge in [-0.25, -0.2) is 4.98 Å². The van der Waals surface area contributed by atoms with Gasteiger partial charge in [-0.05, 0) is 13.1 Å². The number of benzene rings is 1. The number of carbonyl (C=O) groups is 1. The van der Waals surface area contributed by atoms with Gasteiger partial charge in [-0.3, -0.25) is 9.69 Å². The molecule has 2 aliphatic heterocycles. The Kier molecular flexibility index (Phi) is 4.31. The molecule has 4 rings (SSSR count). The number of ether oxygens (including phenoxy) is 2. The van der Waals surface area contributed by atoms with Crippen molar-refractivity contribution in [3.63, 3.8) is 0 Å². The van der Waals surface area contributed by atoms with Gasteiger partial charge in [0.25, 0.3) is 5.91 Å². The van der Waals surface area contributed by atoms with Crippen LogP contribution in [0.5, 0.6) is 5.88 Å². The lowest BCUT2D eigenvalue weighted by Crippen LogP contribution is -2.44. The Hall–Kier alpha value is -2.18. The summed E-state index contributed by atoms with van der Waals surface area (Å²) in [7, 11) is 3.69. The molecule has 2 aliphatic rings. The molecule has 0 radical (unpaired) electrons. The molecule has 0 N–H and O–H groups in total. The second kappa shape index (κ2) is 6.61. The Morgan fingerprint density at radius 1 is 1.24 bits per heavy atom. The van der Waals surface area contributed by atoms with E-state index in [9.17, 15) is 4.79 Å². The molecule has 2 aromatic rings. The molecule has 2 atom stereocenters. The highest BCUT2D eigenvalue weighted by molar-refractivity contribution is 6.06. The quantitative estimate of drug-likeness (QED) is 0.831. The molecule has 6 nitrogen and oxygen atoms in total. The van der Waals surface area contributed by atoms with Crippen LogP contribution in [0.15, 0.2) is 30.3 Å². The molecule has 25 heavy (non-hydrogen) atoms. The Morgan fingerprint density at radius 3 is 2.92 bits per heavy atom. The number of hydrogen-bond donors (Lipinski definition) is 0. The van der Waals surface area contributed by atoms with E-state index in [1.165, 1.54) is 0 Å². The van der Waals surface area contributed by atoms with Gasteiger partial charge in [0.2, 0.25) is 5.88 Å². The first-order valence-corrected chi connectivity index (χ1v) is 8.66. The van der Waals surface area contributed by atoms with Crippen molar-refractivity contribution < 1.29 is 14.3 Å². The summed E-state index contributed by atoms with van der Waals surface area (Å²) in [4.78, 5) is 22.1. The number of fused-ring (bicyclic) bond motifs is 4. The molecule has 1 amide bonds. The number of rotatable bonds is 2. The normalized spacial score (nSPS) is 24.2. The lowest BCUT2D eigenvalue weighted by atomic mass is 10.1. The number of nitrogens with zero attached hydrogens (tertiary/aromatic N) is 3. The van der Waals surface area contributed by atoms with E-state index >= 15 is 0 Å². The summed E-state index contributed by atoms with van der Waals surface area (Å²) in [6.07, 6.45) is 0. The lowest BCUT2D eigenvalue weighted by molar-refractivity contribution is 0.0434. The summed E-state index contributed by atoms with van der Waals surface area (Å²) in [6.45, 7) is 3.76. The second-order valence-corrected chi connectivity index (χ2v) is 6.94. The highest BCUT2D eigenvalue weighted by atomic mass is 16.5. The Balaban J connectivity index is 1.72. The van der Waals surface area contributed by atoms with Crippen LogP contribution in [0.25, 0.3) is 10.9 Å². The van der Waals surface area contributed by atoms with E-state index in [-0.39, 0.29) is 11.9 Å². The van der Waals surface area contributed by atoms with Gasteiger partial charge in [0.05, 0.1) is 37.4 Å². The maximum atomic E-state index is 13.4. The van der Waals surface area contributed by atoms with Gasteiger partial charge < -0.3 is 14.4 Å². The largest absolute Gasteiger partial charge is 0.481 e. The molecule has 2 saturated heterocycles. The molecule has 2 bridgehead atoms. The molecule has 0 aliphatic carbocycles. The third-order valence-corrected chi connectivity index (χ3v) is 5.16. The van der Waals surface area contributed by atoms with Gasteiger partial charge in [-0.2, -0.15) is 0 Å². The first-order chi connectivity index (χ1) is 12.2. The number of pyridine rings is 1. The molecule has 0 unspecified atom stereocenters. The standard InChI is InChI=1S/C19H23N3O3/c1-21-8-13-9-22(10-14(21)12-25-11-13)19(23)16-7-18(24-2)20-17-6-4-3-5-15(16)17/h3-7,13-14H,8-12H2,1-2H3/t13-,14+/m1/s1. The molecule has 1 aromatic carbocycles. The van der Waals surface area contributed by atoms with Gasteiger partial charge in [0.1, 0.15) is 0 Å². The molecule has 1 aromatic heterocycles. The van der Waals surface area contributed by atoms with Crippen molar-refractivity contribution in [3.05, 3.63) is 35.9 Å². The highest BCUT2D eigenvalue weighted by Crippen LogP contribution is 2.26. The predicted octanol–water partition coefficient (Wildman–Crippen LogP) is 1.65. The summed E-state index contributed by atoms with van der Waals surface area (Å²) in [5.41, 5.74) is 1.44. The van der Waals surface area contributed by atoms with Crippen molar-refractivity contribution in [2.45, 2.75) is 6.04 Å². The van der Waals surface area contributed by atoms with Crippen LogP contribution in [-0.4, -0.2) is 73.7 Å². The third-order valence-electron chi connectivity index (χ3n) is 5.16. The van der Waals surface area contributed by atoms with E-state index < -0.39 is 0 Å². The van der Waals surface area contributed by atoms with Crippen LogP contribution in [0.3, 0.4) is 0 Å². The zero-order chi connectivity index (χ0) is 17.4. The van der Waals surface area contributed by atoms with Gasteiger partial charge in [-0.1, -0.05) is 18.2 Å². The SMILES string of the molecule is COc1cc(C(=O)N2C[C@@H]3COC[C@H](C2)N(C)C3)c2ccccc2n1. The van der Waals surface area contributed by atoms with Crippen LogP contribution in [0.4, 0.5) is 0 Å². The summed E-state index contributed by atoms with van der Waals surface area (Å²) in [6, 6.07) is 9.71. The molecular weight excluding hydrogens is 318 g/mol. The summed E-state index contributed by atoms with van der Waals surface area (Å²) >= 11 is 0. The zero-order valence-corrected chi connectivity index (χ0v) is 14.6. The fraction of sp³-hybridized carbons (Fsp3) is 0.474. The molecule has 0 saturated carbocycles. The van der Waals surface area contributed by atoms with Gasteiger partial charge in [0, 0.05) is 37.0 Å². The van der Waals surface area contributed by atoms with Crippen LogP contribution >= 0.6 is 0 Å². The minimum Gasteiger partial charge on any atom is -0.481 e. The molecule has 6 heteroatoms. The molecule has 132 valence electrons. The van der Waals surface area contributed by atoms with E-state index in [4.69, 9.17) is 9.47 Å². The molecule has 3 heterocycles. The van der Waals surface area contributed by atoms with Crippen molar-refractivity contribution in [2.24, 2.45) is 5.92 Å². The second-order valence-electron chi connectivity index (χ2n) is 6.94. The first-order valence-electron chi connectivity index (χ1n) is 8.66. The average Bonchev–Trinajstić information content (AvgIpc) is 2.88. The number of amides is 1. The van der Waals surface area contributed by atoms with Crippen LogP contribution < -0.4 is 4.74 Å². The maximum Gasteiger partial charge on any atom is 0.254 e. The minimum atomic E-state index is 0.0455. The monoisotopic (exact) mass is 341 g/mol. The number of carbonyl (C=O) groups excluding carboxylic acids is 1. The maximum absolute atomic E-state index is 13.4. The predicted molar refractivity (Wildman–Crippen MR) is 94.9 cm³/mol. The van der Waals surface area contributed by atoms with Gasteiger partial charge in [-0.15, -0.1) is 0 Å². The molecular formula is C19H23N3O3. The summed E-state index contributed by atoms with van der Waals surface area (Å²) < 4.78 is 11.1. The van der Waals surface area contributed by atoms with Crippen LogP contribution in [0.1, 0.15) is 10.4 Å². The number of hydrogen-bond acceptors (Lipinski definition) is 5. The fourth-order valence-corrected chi connectivity index (χ4v) is 3.82. The van der Waals surface area contributed by atoms with Gasteiger partial charge >= 0.3 is 0 Å². The van der Waals surface area contributed by atoms with Crippen LogP contribution in [-0.2, 0) is 4.74 Å². The Morgan fingerprint density at radius 2 is 2.08 bits per heavy atom. The fourth-order valence-electron chi connectivity index (χ4n) is 3.82. The van der Waals surface area contributed by atoms with Crippen LogP contribution in [0, 0.1) is 5.92 Å². The zero-order valence-electron chi connectivity index (χ0n) is 14.6. The number of para-hydroxylation sites is 1. The lowest BCUT2D eigenvalue weighted by Gasteiger charge is -2.30. The molecule has 2 fully saturated rings. The van der Waals surface area contributed by atoms with E-state index in [2.05, 4.69) is 16.9 Å². The Bertz CT molecular complexity index is 795. The van der Waals surface area contributed by atoms with E-state index in [0.29, 0.717) is 37.1 Å².